The molecule has 0 rings (SSSR count). The van der Waals surface area contributed by atoms with Crippen LogP contribution < -0.4 is 0 Å². The van der Waals surface area contributed by atoms with Crippen molar-refractivity contribution in [3.63, 3.8) is 0 Å². The van der Waals surface area contributed by atoms with Gasteiger partial charge in [0.25, 0.3) is 0 Å². The van der Waals surface area contributed by atoms with Crippen molar-refractivity contribution in [1.29, 1.82) is 0 Å². The topological polar surface area (TPSA) is 31.2 Å². The maximum absolute atomic E-state index is 4.09. The minimum absolute atomic E-state index is 0.748. The van der Waals surface area contributed by atoms with Crippen molar-refractivity contribution in [3.8, 4) is 0 Å². The molecule has 0 heterocycles. The summed E-state index contributed by atoms with van der Waals surface area (Å²) in [4.78, 5) is 0. The normalized spacial score (nSPS) is 11.4. The maximum Gasteiger partial charge on any atom is 0.0592 e. The fourth-order valence-corrected chi connectivity index (χ4v) is 1.01. The predicted molar refractivity (Wildman–Crippen MR) is 50.7 cm³/mol. The summed E-state index contributed by atoms with van der Waals surface area (Å²) in [5.74, 6) is 0. The summed E-state index contributed by atoms with van der Waals surface area (Å²) in [7, 11) is 0. The van der Waals surface area contributed by atoms with E-state index in [1.54, 1.807) is 0 Å². The van der Waals surface area contributed by atoms with Gasteiger partial charge in [-0.15, -0.1) is 0 Å². The quantitative estimate of drug-likeness (QED) is 0.453. The second-order valence-electron chi connectivity index (χ2n) is 2.37. The molecule has 0 saturated heterocycles. The van der Waals surface area contributed by atoms with Crippen LogP contribution in [0.1, 0.15) is 27.7 Å². The molecular formula is C8H20N4. The first-order chi connectivity index (χ1) is 5.79. The molecular weight excluding hydrogens is 152 g/mol. The summed E-state index contributed by atoms with van der Waals surface area (Å²) >= 11 is 0. The monoisotopic (exact) mass is 172 g/mol. The van der Waals surface area contributed by atoms with Gasteiger partial charge in [-0.05, 0) is 13.8 Å². The first-order valence-corrected chi connectivity index (χ1v) is 4.69. The van der Waals surface area contributed by atoms with Crippen molar-refractivity contribution in [2.45, 2.75) is 27.7 Å². The Morgan fingerprint density at radius 1 is 0.917 bits per heavy atom. The van der Waals surface area contributed by atoms with Crippen molar-refractivity contribution < 1.29 is 0 Å². The Balaban J connectivity index is 4.01. The van der Waals surface area contributed by atoms with Crippen molar-refractivity contribution in [2.24, 2.45) is 10.3 Å². The second-order valence-corrected chi connectivity index (χ2v) is 2.37. The van der Waals surface area contributed by atoms with Crippen LogP contribution in [0.2, 0.25) is 0 Å². The van der Waals surface area contributed by atoms with Crippen LogP contribution in [0.25, 0.3) is 0 Å². The van der Waals surface area contributed by atoms with Gasteiger partial charge >= 0.3 is 0 Å². The summed E-state index contributed by atoms with van der Waals surface area (Å²) in [6.45, 7) is 11.9. The molecule has 0 atom stereocenters. The van der Waals surface area contributed by atoms with E-state index in [-0.39, 0.29) is 0 Å². The molecule has 0 aromatic heterocycles. The third kappa shape index (κ3) is 3.67. The SMILES string of the molecule is CCN=NN(CC)N(CC)CC. The molecule has 0 aliphatic carbocycles. The summed E-state index contributed by atoms with van der Waals surface area (Å²) in [5.41, 5.74) is 0. The Bertz CT molecular complexity index is 120. The predicted octanol–water partition coefficient (Wildman–Crippen LogP) is 1.95. The van der Waals surface area contributed by atoms with Crippen LogP contribution in [0.3, 0.4) is 0 Å². The lowest BCUT2D eigenvalue weighted by Gasteiger charge is -2.28. The zero-order valence-electron chi connectivity index (χ0n) is 8.62. The smallest absolute Gasteiger partial charge is 0.0592 e. The van der Waals surface area contributed by atoms with Crippen molar-refractivity contribution in [3.05, 3.63) is 0 Å². The Morgan fingerprint density at radius 3 is 1.83 bits per heavy atom. The number of hydrogen-bond acceptors (Lipinski definition) is 3. The Labute approximate surface area is 75.2 Å². The molecule has 12 heavy (non-hydrogen) atoms. The average molecular weight is 172 g/mol. The molecule has 0 spiro atoms. The fraction of sp³-hybridized carbons (Fsp3) is 1.00. The van der Waals surface area contributed by atoms with E-state index in [9.17, 15) is 0 Å². The molecule has 4 heteroatoms. The van der Waals surface area contributed by atoms with E-state index in [0.29, 0.717) is 0 Å². The third-order valence-electron chi connectivity index (χ3n) is 1.65. The van der Waals surface area contributed by atoms with Gasteiger partial charge in [0.05, 0.1) is 13.1 Å². The fourth-order valence-electron chi connectivity index (χ4n) is 1.01. The second kappa shape index (κ2) is 7.03. The Hall–Kier alpha value is -0.640. The third-order valence-corrected chi connectivity index (χ3v) is 1.65. The van der Waals surface area contributed by atoms with E-state index in [1.807, 2.05) is 12.0 Å². The van der Waals surface area contributed by atoms with Crippen molar-refractivity contribution in [1.82, 2.24) is 10.1 Å². The number of rotatable bonds is 6. The molecule has 0 unspecified atom stereocenters. The molecule has 0 aliphatic heterocycles. The van der Waals surface area contributed by atoms with Crippen LogP contribution >= 0.6 is 0 Å². The highest BCUT2D eigenvalue weighted by Gasteiger charge is 2.05. The molecule has 72 valence electrons. The van der Waals surface area contributed by atoms with Crippen molar-refractivity contribution >= 4 is 0 Å². The van der Waals surface area contributed by atoms with E-state index in [0.717, 1.165) is 26.2 Å². The lowest BCUT2D eigenvalue weighted by molar-refractivity contribution is -0.0185. The number of nitrogens with zero attached hydrogens (tertiary/aromatic N) is 4. The summed E-state index contributed by atoms with van der Waals surface area (Å²) in [6.07, 6.45) is 0. The molecule has 0 aromatic rings. The average Bonchev–Trinajstić information content (AvgIpc) is 2.12. The van der Waals surface area contributed by atoms with Gasteiger partial charge in [0.2, 0.25) is 0 Å². The van der Waals surface area contributed by atoms with Gasteiger partial charge < -0.3 is 0 Å². The molecule has 0 saturated carbocycles. The van der Waals surface area contributed by atoms with E-state index in [1.165, 1.54) is 0 Å². The van der Waals surface area contributed by atoms with Crippen LogP contribution in [0.4, 0.5) is 0 Å². The molecule has 0 N–H and O–H groups in total. The Morgan fingerprint density at radius 2 is 1.50 bits per heavy atom. The minimum atomic E-state index is 0.748. The molecule has 0 bridgehead atoms. The van der Waals surface area contributed by atoms with Crippen LogP contribution in [0.15, 0.2) is 10.3 Å². The molecule has 0 amide bonds. The van der Waals surface area contributed by atoms with Gasteiger partial charge in [0.15, 0.2) is 0 Å². The van der Waals surface area contributed by atoms with Crippen LogP contribution in [0, 0.1) is 0 Å². The minimum Gasteiger partial charge on any atom is -0.209 e. The zero-order chi connectivity index (χ0) is 9.40. The highest BCUT2D eigenvalue weighted by Crippen LogP contribution is 1.98. The maximum atomic E-state index is 4.09. The van der Waals surface area contributed by atoms with E-state index < -0.39 is 0 Å². The van der Waals surface area contributed by atoms with Crippen LogP contribution in [-0.2, 0) is 0 Å². The summed E-state index contributed by atoms with van der Waals surface area (Å²) in [5, 5.41) is 12.1. The lowest BCUT2D eigenvalue weighted by atomic mass is 10.6. The van der Waals surface area contributed by atoms with Crippen LogP contribution in [-0.4, -0.2) is 36.3 Å². The van der Waals surface area contributed by atoms with Gasteiger partial charge in [-0.1, -0.05) is 19.1 Å². The van der Waals surface area contributed by atoms with E-state index in [2.05, 4.69) is 36.1 Å². The van der Waals surface area contributed by atoms with Gasteiger partial charge in [-0.2, -0.15) is 5.11 Å². The summed E-state index contributed by atoms with van der Waals surface area (Å²) in [6, 6.07) is 0. The Kier molecular flexibility index (Phi) is 6.66. The lowest BCUT2D eigenvalue weighted by Crippen LogP contribution is -2.38. The highest BCUT2D eigenvalue weighted by molar-refractivity contribution is 4.45. The van der Waals surface area contributed by atoms with Gasteiger partial charge in [0, 0.05) is 13.1 Å². The van der Waals surface area contributed by atoms with Gasteiger partial charge in [-0.3, -0.25) is 0 Å². The van der Waals surface area contributed by atoms with E-state index in [4.69, 9.17) is 0 Å². The number of hydrogen-bond donors (Lipinski definition) is 0. The number of hydrazine groups is 1. The van der Waals surface area contributed by atoms with Gasteiger partial charge in [0.1, 0.15) is 0 Å². The largest absolute Gasteiger partial charge is 0.209 e. The highest BCUT2D eigenvalue weighted by atomic mass is 15.8. The molecule has 0 fully saturated rings. The first kappa shape index (κ1) is 11.4. The molecule has 0 aromatic carbocycles. The van der Waals surface area contributed by atoms with Gasteiger partial charge in [-0.25, -0.2) is 10.1 Å². The summed E-state index contributed by atoms with van der Waals surface area (Å²) < 4.78 is 0. The molecule has 4 nitrogen and oxygen atoms in total. The van der Waals surface area contributed by atoms with E-state index >= 15 is 0 Å². The molecule has 0 aliphatic rings. The van der Waals surface area contributed by atoms with Crippen molar-refractivity contribution in [2.75, 3.05) is 26.2 Å². The standard InChI is InChI=1S/C8H20N4/c1-5-9-10-12(8-4)11(6-2)7-3/h5-8H2,1-4H3. The zero-order valence-corrected chi connectivity index (χ0v) is 8.62. The van der Waals surface area contributed by atoms with Crippen LogP contribution in [0.5, 0.6) is 0 Å². The molecule has 0 radical (unpaired) electrons. The first-order valence-electron chi connectivity index (χ1n) is 4.69.